The standard InChI is InChI=1S/C18H22N8S/c1-18(13-9-22-25(2)10-13)11-21-17-16(20-5-6-26(17)18)23-15-7-14(24-27-15)12-3-4-19-8-12/h5-7,9-10,12,19H,3-4,8,11H2,1-2H3,(H,20,23). The van der Waals surface area contributed by atoms with Crippen molar-refractivity contribution >= 4 is 28.2 Å². The van der Waals surface area contributed by atoms with Crippen molar-refractivity contribution in [2.24, 2.45) is 17.0 Å². The molecule has 0 saturated carbocycles. The SMILES string of the molecule is Cn1cc(C2(C)CN=C3C(Nc4cc(C5CCNC5)ns4)=NC=CN32)cn1. The third-order valence-corrected chi connectivity index (χ3v) is 6.22. The Hall–Kier alpha value is -2.52. The zero-order valence-electron chi connectivity index (χ0n) is 15.4. The Kier molecular flexibility index (Phi) is 3.87. The average molecular weight is 382 g/mol. The Bertz CT molecular complexity index is 948. The van der Waals surface area contributed by atoms with Crippen molar-refractivity contribution < 1.29 is 0 Å². The molecule has 140 valence electrons. The molecule has 0 aliphatic carbocycles. The molecule has 0 radical (unpaired) electrons. The smallest absolute Gasteiger partial charge is 0.174 e. The third kappa shape index (κ3) is 2.78. The summed E-state index contributed by atoms with van der Waals surface area (Å²) in [5, 5.41) is 12.2. The lowest BCUT2D eigenvalue weighted by Gasteiger charge is -2.35. The van der Waals surface area contributed by atoms with Crippen molar-refractivity contribution in [1.29, 1.82) is 0 Å². The van der Waals surface area contributed by atoms with Crippen LogP contribution < -0.4 is 10.6 Å². The van der Waals surface area contributed by atoms with Gasteiger partial charge in [0.2, 0.25) is 0 Å². The molecule has 2 aromatic rings. The fraction of sp³-hybridized carbons (Fsp3) is 0.444. The van der Waals surface area contributed by atoms with Crippen LogP contribution in [-0.2, 0) is 12.6 Å². The Morgan fingerprint density at radius 1 is 1.41 bits per heavy atom. The molecule has 9 heteroatoms. The lowest BCUT2D eigenvalue weighted by atomic mass is 9.94. The Morgan fingerprint density at radius 2 is 2.33 bits per heavy atom. The number of aryl methyl sites for hydroxylation is 1. The molecule has 0 aromatic carbocycles. The summed E-state index contributed by atoms with van der Waals surface area (Å²) >= 11 is 1.48. The highest BCUT2D eigenvalue weighted by molar-refractivity contribution is 7.10. The van der Waals surface area contributed by atoms with E-state index in [9.17, 15) is 0 Å². The van der Waals surface area contributed by atoms with Gasteiger partial charge in [-0.25, -0.2) is 4.99 Å². The first kappa shape index (κ1) is 16.6. The minimum atomic E-state index is -0.253. The molecule has 0 bridgehead atoms. The van der Waals surface area contributed by atoms with Crippen LogP contribution in [0.5, 0.6) is 0 Å². The number of amidine groups is 2. The van der Waals surface area contributed by atoms with E-state index in [1.807, 2.05) is 30.3 Å². The van der Waals surface area contributed by atoms with Crippen molar-refractivity contribution in [3.8, 4) is 0 Å². The predicted octanol–water partition coefficient (Wildman–Crippen LogP) is 1.88. The summed E-state index contributed by atoms with van der Waals surface area (Å²) in [4.78, 5) is 11.5. The Labute approximate surface area is 161 Å². The van der Waals surface area contributed by atoms with Gasteiger partial charge >= 0.3 is 0 Å². The van der Waals surface area contributed by atoms with Crippen LogP contribution >= 0.6 is 11.5 Å². The molecular formula is C18H22N8S. The second kappa shape index (κ2) is 6.28. The van der Waals surface area contributed by atoms with E-state index >= 15 is 0 Å². The van der Waals surface area contributed by atoms with Gasteiger partial charge in [-0.2, -0.15) is 9.47 Å². The summed E-state index contributed by atoms with van der Waals surface area (Å²) in [7, 11) is 1.94. The van der Waals surface area contributed by atoms with Gasteiger partial charge in [0.15, 0.2) is 11.7 Å². The molecule has 0 amide bonds. The van der Waals surface area contributed by atoms with Crippen molar-refractivity contribution in [3.05, 3.63) is 42.1 Å². The number of nitrogens with one attached hydrogen (secondary N) is 2. The van der Waals surface area contributed by atoms with Gasteiger partial charge in [0.05, 0.1) is 24.0 Å². The summed E-state index contributed by atoms with van der Waals surface area (Å²) < 4.78 is 6.46. The zero-order chi connectivity index (χ0) is 18.4. The van der Waals surface area contributed by atoms with Gasteiger partial charge in [0.1, 0.15) is 5.00 Å². The number of rotatable bonds is 3. The maximum Gasteiger partial charge on any atom is 0.174 e. The zero-order valence-corrected chi connectivity index (χ0v) is 16.2. The van der Waals surface area contributed by atoms with E-state index in [0.717, 1.165) is 47.4 Å². The average Bonchev–Trinajstić information content (AvgIpc) is 3.43. The fourth-order valence-electron chi connectivity index (χ4n) is 3.85. The fourth-order valence-corrected chi connectivity index (χ4v) is 4.57. The van der Waals surface area contributed by atoms with Crippen LogP contribution in [0.4, 0.5) is 5.00 Å². The van der Waals surface area contributed by atoms with Gasteiger partial charge in [-0.3, -0.25) is 9.67 Å². The minimum Gasteiger partial charge on any atom is -0.328 e. The first-order chi connectivity index (χ1) is 13.1. The first-order valence-corrected chi connectivity index (χ1v) is 9.93. The number of fused-ring (bicyclic) bond motifs is 1. The number of aromatic nitrogens is 3. The van der Waals surface area contributed by atoms with Gasteiger partial charge in [-0.15, -0.1) is 0 Å². The first-order valence-electron chi connectivity index (χ1n) is 9.15. The molecule has 1 fully saturated rings. The predicted molar refractivity (Wildman–Crippen MR) is 107 cm³/mol. The molecule has 8 nitrogen and oxygen atoms in total. The lowest BCUT2D eigenvalue weighted by Crippen LogP contribution is -2.46. The Balaban J connectivity index is 1.36. The maximum absolute atomic E-state index is 4.79. The van der Waals surface area contributed by atoms with Crippen LogP contribution in [0.25, 0.3) is 0 Å². The molecule has 3 aliphatic rings. The van der Waals surface area contributed by atoms with Crippen molar-refractivity contribution in [1.82, 2.24) is 24.4 Å². The van der Waals surface area contributed by atoms with Crippen LogP contribution in [0.1, 0.15) is 30.5 Å². The monoisotopic (exact) mass is 382 g/mol. The lowest BCUT2D eigenvalue weighted by molar-refractivity contribution is 0.298. The van der Waals surface area contributed by atoms with Crippen molar-refractivity contribution in [2.75, 3.05) is 25.0 Å². The highest BCUT2D eigenvalue weighted by Crippen LogP contribution is 2.35. The summed E-state index contributed by atoms with van der Waals surface area (Å²) in [5.41, 5.74) is 2.05. The highest BCUT2D eigenvalue weighted by Gasteiger charge is 2.43. The molecular weight excluding hydrogens is 360 g/mol. The minimum absolute atomic E-state index is 0.253. The second-order valence-corrected chi connectivity index (χ2v) is 8.20. The summed E-state index contributed by atoms with van der Waals surface area (Å²) in [6, 6.07) is 2.14. The molecule has 2 N–H and O–H groups in total. The number of nitrogens with zero attached hydrogens (tertiary/aromatic N) is 6. The number of anilines is 1. The van der Waals surface area contributed by atoms with Crippen LogP contribution in [0, 0.1) is 0 Å². The van der Waals surface area contributed by atoms with E-state index in [1.165, 1.54) is 11.5 Å². The molecule has 3 aliphatic heterocycles. The Morgan fingerprint density at radius 3 is 3.11 bits per heavy atom. The normalized spacial score (nSPS) is 26.9. The van der Waals surface area contributed by atoms with Gasteiger partial charge < -0.3 is 15.5 Å². The third-order valence-electron chi connectivity index (χ3n) is 5.50. The van der Waals surface area contributed by atoms with Gasteiger partial charge in [0.25, 0.3) is 0 Å². The molecule has 5 rings (SSSR count). The van der Waals surface area contributed by atoms with E-state index in [2.05, 4.69) is 49.2 Å². The molecule has 2 unspecified atom stereocenters. The van der Waals surface area contributed by atoms with Crippen molar-refractivity contribution in [2.45, 2.75) is 24.8 Å². The summed E-state index contributed by atoms with van der Waals surface area (Å²) in [5.74, 6) is 2.14. The molecule has 0 spiro atoms. The van der Waals surface area contributed by atoms with Gasteiger partial charge in [0, 0.05) is 43.7 Å². The van der Waals surface area contributed by atoms with E-state index in [1.54, 1.807) is 0 Å². The highest BCUT2D eigenvalue weighted by atomic mass is 32.1. The molecule has 2 aromatic heterocycles. The van der Waals surface area contributed by atoms with Crippen LogP contribution in [-0.4, -0.2) is 50.4 Å². The van der Waals surface area contributed by atoms with E-state index in [0.29, 0.717) is 12.5 Å². The molecule has 1 saturated heterocycles. The maximum atomic E-state index is 4.79. The van der Waals surface area contributed by atoms with E-state index < -0.39 is 0 Å². The molecule has 27 heavy (non-hydrogen) atoms. The molecule has 5 heterocycles. The quantitative estimate of drug-likeness (QED) is 0.847. The second-order valence-electron chi connectivity index (χ2n) is 7.39. The van der Waals surface area contributed by atoms with Crippen LogP contribution in [0.2, 0.25) is 0 Å². The van der Waals surface area contributed by atoms with E-state index in [4.69, 9.17) is 4.99 Å². The van der Waals surface area contributed by atoms with Crippen LogP contribution in [0.3, 0.4) is 0 Å². The van der Waals surface area contributed by atoms with E-state index in [-0.39, 0.29) is 5.54 Å². The number of aliphatic imine (C=N–C) groups is 2. The largest absolute Gasteiger partial charge is 0.328 e. The number of hydrogen-bond acceptors (Lipinski definition) is 8. The van der Waals surface area contributed by atoms with Gasteiger partial charge in [-0.05, 0) is 37.5 Å². The summed E-state index contributed by atoms with van der Waals surface area (Å²) in [6.07, 6.45) is 8.93. The van der Waals surface area contributed by atoms with Crippen LogP contribution in [0.15, 0.2) is 40.8 Å². The number of hydrogen-bond donors (Lipinski definition) is 2. The van der Waals surface area contributed by atoms with Gasteiger partial charge in [-0.1, -0.05) is 0 Å². The topological polar surface area (TPSA) is 82.7 Å². The summed E-state index contributed by atoms with van der Waals surface area (Å²) in [6.45, 7) is 4.93. The molecule has 2 atom stereocenters. The van der Waals surface area contributed by atoms with Crippen molar-refractivity contribution in [3.63, 3.8) is 0 Å².